The van der Waals surface area contributed by atoms with E-state index in [1.807, 2.05) is 0 Å². The highest BCUT2D eigenvalue weighted by Crippen LogP contribution is 2.35. The topological polar surface area (TPSA) is 89.7 Å². The van der Waals surface area contributed by atoms with Gasteiger partial charge in [-0.15, -0.1) is 0 Å². The molecule has 0 spiro atoms. The van der Waals surface area contributed by atoms with E-state index in [0.717, 1.165) is 6.08 Å². The first-order valence-electron chi connectivity index (χ1n) is 6.49. The van der Waals surface area contributed by atoms with Crippen molar-refractivity contribution in [3.05, 3.63) is 46.0 Å². The minimum absolute atomic E-state index is 0.166. The van der Waals surface area contributed by atoms with Gasteiger partial charge in [-0.05, 0) is 24.6 Å². The maximum Gasteiger partial charge on any atom is 0.428 e. The van der Waals surface area contributed by atoms with Gasteiger partial charge in [0.05, 0.1) is 11.5 Å². The number of nitrogens with zero attached hydrogens (tertiary/aromatic N) is 1. The number of esters is 1. The summed E-state index contributed by atoms with van der Waals surface area (Å²) in [5.41, 5.74) is -3.43. The van der Waals surface area contributed by atoms with Crippen molar-refractivity contribution in [3.63, 3.8) is 0 Å². The molecule has 126 valence electrons. The summed E-state index contributed by atoms with van der Waals surface area (Å²) >= 11 is 0. The number of alkyl halides is 3. The Labute approximate surface area is 129 Å². The molecule has 0 saturated heterocycles. The second kappa shape index (κ2) is 7.23. The van der Waals surface area contributed by atoms with Crippen LogP contribution in [0.1, 0.15) is 18.9 Å². The largest absolute Gasteiger partial charge is 0.464 e. The Balaban J connectivity index is 2.89. The average molecular weight is 333 g/mol. The number of ether oxygens (including phenoxy) is 1. The van der Waals surface area contributed by atoms with Gasteiger partial charge in [0.1, 0.15) is 0 Å². The third-order valence-electron chi connectivity index (χ3n) is 2.91. The minimum Gasteiger partial charge on any atom is -0.464 e. The number of carbonyl (C=O) groups excluding carboxylic acids is 1. The van der Waals surface area contributed by atoms with E-state index in [0.29, 0.717) is 5.56 Å². The molecule has 0 amide bonds. The summed E-state index contributed by atoms with van der Waals surface area (Å²) in [5.74, 6) is -1.78. The predicted octanol–water partition coefficient (Wildman–Crippen LogP) is 2.85. The Bertz CT molecular complexity index is 597. The molecule has 0 fully saturated rings. The Hall–Kier alpha value is -2.42. The Morgan fingerprint density at radius 1 is 1.35 bits per heavy atom. The van der Waals surface area contributed by atoms with Gasteiger partial charge in [0.2, 0.25) is 0 Å². The summed E-state index contributed by atoms with van der Waals surface area (Å²) in [6.45, 7) is 1.02. The maximum absolute atomic E-state index is 12.9. The number of non-ortho nitro benzene ring substituents is 1. The summed E-state index contributed by atoms with van der Waals surface area (Å²) in [5, 5.41) is 20.1. The molecular formula is C14H14F3NO5. The van der Waals surface area contributed by atoms with Gasteiger partial charge in [0.15, 0.2) is 0 Å². The van der Waals surface area contributed by atoms with Crippen LogP contribution in [0, 0.1) is 10.1 Å². The molecule has 1 aromatic carbocycles. The fourth-order valence-corrected chi connectivity index (χ4v) is 1.64. The number of aliphatic hydroxyl groups is 1. The van der Waals surface area contributed by atoms with Crippen LogP contribution in [0.4, 0.5) is 18.9 Å². The summed E-state index contributed by atoms with van der Waals surface area (Å²) in [6.07, 6.45) is -4.07. The van der Waals surface area contributed by atoms with E-state index in [-0.39, 0.29) is 12.3 Å². The summed E-state index contributed by atoms with van der Waals surface area (Å²) in [6, 6.07) is 5.01. The van der Waals surface area contributed by atoms with Crippen molar-refractivity contribution in [3.8, 4) is 0 Å². The number of nitro benzene ring substituents is 1. The predicted molar refractivity (Wildman–Crippen MR) is 74.4 cm³/mol. The fraction of sp³-hybridized carbons (Fsp3) is 0.357. The second-order valence-corrected chi connectivity index (χ2v) is 4.53. The zero-order chi connectivity index (χ0) is 17.7. The molecule has 1 N–H and O–H groups in total. The second-order valence-electron chi connectivity index (χ2n) is 4.53. The number of hydrogen-bond acceptors (Lipinski definition) is 5. The standard InChI is InChI=1S/C14H14F3NO5/c1-2-23-12(19)13(20,14(15,16)17)9-3-4-10-5-7-11(8-6-10)18(21)22/h3-8,20H,2,9H2,1H3/b4-3+. The van der Waals surface area contributed by atoms with Crippen molar-refractivity contribution in [2.45, 2.75) is 25.1 Å². The Morgan fingerprint density at radius 2 is 1.91 bits per heavy atom. The molecule has 1 rings (SSSR count). The van der Waals surface area contributed by atoms with Crippen molar-refractivity contribution >= 4 is 17.7 Å². The zero-order valence-corrected chi connectivity index (χ0v) is 12.0. The van der Waals surface area contributed by atoms with Crippen LogP contribution < -0.4 is 0 Å². The first-order chi connectivity index (χ1) is 10.6. The lowest BCUT2D eigenvalue weighted by Crippen LogP contribution is -2.52. The van der Waals surface area contributed by atoms with Crippen molar-refractivity contribution in [1.82, 2.24) is 0 Å². The summed E-state index contributed by atoms with van der Waals surface area (Å²) in [4.78, 5) is 21.2. The number of halogens is 3. The third kappa shape index (κ3) is 4.52. The van der Waals surface area contributed by atoms with Crippen molar-refractivity contribution < 1.29 is 32.7 Å². The highest BCUT2D eigenvalue weighted by Gasteiger charge is 2.59. The Kier molecular flexibility index (Phi) is 5.85. The van der Waals surface area contributed by atoms with Gasteiger partial charge in [0, 0.05) is 18.6 Å². The van der Waals surface area contributed by atoms with Crippen LogP contribution in [0.3, 0.4) is 0 Å². The lowest BCUT2D eigenvalue weighted by molar-refractivity contribution is -0.384. The smallest absolute Gasteiger partial charge is 0.428 e. The van der Waals surface area contributed by atoms with E-state index in [2.05, 4.69) is 4.74 Å². The molecule has 1 aromatic rings. The van der Waals surface area contributed by atoms with Gasteiger partial charge in [-0.1, -0.05) is 12.2 Å². The summed E-state index contributed by atoms with van der Waals surface area (Å²) < 4.78 is 42.9. The van der Waals surface area contributed by atoms with Crippen LogP contribution >= 0.6 is 0 Å². The first kappa shape index (κ1) is 18.6. The van der Waals surface area contributed by atoms with Crippen molar-refractivity contribution in [2.24, 2.45) is 0 Å². The molecule has 0 saturated carbocycles. The van der Waals surface area contributed by atoms with Gasteiger partial charge >= 0.3 is 12.1 Å². The van der Waals surface area contributed by atoms with Crippen LogP contribution in [-0.2, 0) is 9.53 Å². The van der Waals surface area contributed by atoms with Gasteiger partial charge in [-0.3, -0.25) is 10.1 Å². The number of nitro groups is 1. The molecular weight excluding hydrogens is 319 g/mol. The van der Waals surface area contributed by atoms with E-state index in [1.165, 1.54) is 37.3 Å². The minimum atomic E-state index is -5.20. The average Bonchev–Trinajstić information content (AvgIpc) is 2.46. The van der Waals surface area contributed by atoms with Crippen LogP contribution in [0.15, 0.2) is 30.3 Å². The lowest BCUT2D eigenvalue weighted by Gasteiger charge is -2.26. The molecule has 0 radical (unpaired) electrons. The van der Waals surface area contributed by atoms with Crippen LogP contribution in [0.5, 0.6) is 0 Å². The SMILES string of the molecule is CCOC(=O)C(O)(C/C=C/c1ccc([N+](=O)[O-])cc1)C(F)(F)F. The quantitative estimate of drug-likeness (QED) is 0.491. The van der Waals surface area contributed by atoms with E-state index >= 15 is 0 Å². The molecule has 0 heterocycles. The molecule has 0 aliphatic rings. The molecule has 1 unspecified atom stereocenters. The zero-order valence-electron chi connectivity index (χ0n) is 12.0. The number of carbonyl (C=O) groups is 1. The molecule has 0 bridgehead atoms. The third-order valence-corrected chi connectivity index (χ3v) is 2.91. The van der Waals surface area contributed by atoms with Crippen molar-refractivity contribution in [2.75, 3.05) is 6.61 Å². The maximum atomic E-state index is 12.9. The lowest BCUT2D eigenvalue weighted by atomic mass is 9.98. The van der Waals surface area contributed by atoms with E-state index in [4.69, 9.17) is 0 Å². The molecule has 6 nitrogen and oxygen atoms in total. The molecule has 0 aromatic heterocycles. The Morgan fingerprint density at radius 3 is 2.35 bits per heavy atom. The molecule has 0 aliphatic heterocycles. The van der Waals surface area contributed by atoms with Gasteiger partial charge in [0.25, 0.3) is 11.3 Å². The van der Waals surface area contributed by atoms with E-state index in [9.17, 15) is 33.2 Å². The first-order valence-corrected chi connectivity index (χ1v) is 6.49. The normalized spacial score (nSPS) is 14.5. The van der Waals surface area contributed by atoms with Gasteiger partial charge < -0.3 is 9.84 Å². The highest BCUT2D eigenvalue weighted by atomic mass is 19.4. The fourth-order valence-electron chi connectivity index (χ4n) is 1.64. The van der Waals surface area contributed by atoms with Gasteiger partial charge in [-0.2, -0.15) is 13.2 Å². The molecule has 23 heavy (non-hydrogen) atoms. The van der Waals surface area contributed by atoms with Crippen LogP contribution in [0.2, 0.25) is 0 Å². The molecule has 9 heteroatoms. The number of rotatable bonds is 6. The highest BCUT2D eigenvalue weighted by molar-refractivity contribution is 5.80. The number of benzene rings is 1. The molecule has 1 atom stereocenters. The van der Waals surface area contributed by atoms with Gasteiger partial charge in [-0.25, -0.2) is 4.79 Å². The van der Waals surface area contributed by atoms with E-state index < -0.39 is 29.1 Å². The monoisotopic (exact) mass is 333 g/mol. The van der Waals surface area contributed by atoms with E-state index in [1.54, 1.807) is 0 Å². The van der Waals surface area contributed by atoms with Crippen LogP contribution in [-0.4, -0.2) is 34.4 Å². The number of hydrogen-bond donors (Lipinski definition) is 1. The van der Waals surface area contributed by atoms with Crippen LogP contribution in [0.25, 0.3) is 6.08 Å². The molecule has 0 aliphatic carbocycles. The van der Waals surface area contributed by atoms with Crippen molar-refractivity contribution in [1.29, 1.82) is 0 Å². The summed E-state index contributed by atoms with van der Waals surface area (Å²) in [7, 11) is 0.